The van der Waals surface area contributed by atoms with Crippen LogP contribution in [0.15, 0.2) is 45.9 Å². The topological polar surface area (TPSA) is 71.5 Å². The number of hydrogen-bond donors (Lipinski definition) is 1. The zero-order valence-corrected chi connectivity index (χ0v) is 16.3. The molecular weight excluding hydrogens is 413 g/mol. The fourth-order valence-corrected chi connectivity index (χ4v) is 3.49. The second-order valence-corrected chi connectivity index (χ2v) is 8.11. The summed E-state index contributed by atoms with van der Waals surface area (Å²) in [5, 5.41) is 0. The quantitative estimate of drug-likeness (QED) is 0.650. The van der Waals surface area contributed by atoms with Gasteiger partial charge in [-0.1, -0.05) is 12.1 Å². The van der Waals surface area contributed by atoms with Gasteiger partial charge in [0.25, 0.3) is 10.0 Å². The highest BCUT2D eigenvalue weighted by molar-refractivity contribution is 9.10. The predicted molar refractivity (Wildman–Crippen MR) is 97.8 cm³/mol. The van der Waals surface area contributed by atoms with E-state index in [-0.39, 0.29) is 11.6 Å². The molecule has 0 bridgehead atoms. The maximum absolute atomic E-state index is 13.8. The van der Waals surface area contributed by atoms with Crippen molar-refractivity contribution in [1.29, 1.82) is 0 Å². The van der Waals surface area contributed by atoms with Crippen LogP contribution in [0.5, 0.6) is 5.88 Å². The van der Waals surface area contributed by atoms with Crippen LogP contribution in [0.4, 0.5) is 10.1 Å². The van der Waals surface area contributed by atoms with Crippen LogP contribution in [-0.4, -0.2) is 45.5 Å². The molecule has 1 aromatic carbocycles. The molecule has 0 atom stereocenters. The third kappa shape index (κ3) is 5.65. The van der Waals surface area contributed by atoms with E-state index in [2.05, 4.69) is 25.6 Å². The molecule has 0 aliphatic rings. The van der Waals surface area contributed by atoms with Crippen molar-refractivity contribution in [3.05, 3.63) is 46.8 Å². The first-order valence-corrected chi connectivity index (χ1v) is 9.77. The molecule has 0 amide bonds. The summed E-state index contributed by atoms with van der Waals surface area (Å²) in [6.07, 6.45) is 2.26. The Hall–Kier alpha value is -1.71. The van der Waals surface area contributed by atoms with E-state index in [1.165, 1.54) is 30.5 Å². The van der Waals surface area contributed by atoms with Crippen molar-refractivity contribution in [2.24, 2.45) is 0 Å². The average Bonchev–Trinajstić information content (AvgIpc) is 2.53. The maximum Gasteiger partial charge on any atom is 0.264 e. The molecule has 0 saturated heterocycles. The van der Waals surface area contributed by atoms with E-state index in [0.717, 1.165) is 19.0 Å². The summed E-state index contributed by atoms with van der Waals surface area (Å²) in [6.45, 7) is 1.20. The van der Waals surface area contributed by atoms with Gasteiger partial charge in [-0.15, -0.1) is 0 Å². The SMILES string of the molecule is CN(C)CCCOc1ncc(Br)cc1NS(=O)(=O)c1ccccc1F. The molecule has 0 fully saturated rings. The monoisotopic (exact) mass is 431 g/mol. The first-order chi connectivity index (χ1) is 11.8. The Morgan fingerprint density at radius 2 is 2.04 bits per heavy atom. The first kappa shape index (κ1) is 19.6. The van der Waals surface area contributed by atoms with Gasteiger partial charge in [-0.05, 0) is 54.6 Å². The lowest BCUT2D eigenvalue weighted by atomic mass is 10.3. The molecule has 0 unspecified atom stereocenters. The lowest BCUT2D eigenvalue weighted by Gasteiger charge is -2.14. The first-order valence-electron chi connectivity index (χ1n) is 7.50. The van der Waals surface area contributed by atoms with E-state index in [9.17, 15) is 12.8 Å². The summed E-state index contributed by atoms with van der Waals surface area (Å²) in [6, 6.07) is 6.68. The molecule has 0 radical (unpaired) electrons. The van der Waals surface area contributed by atoms with Crippen LogP contribution in [0.25, 0.3) is 0 Å². The fourth-order valence-electron chi connectivity index (χ4n) is 2.03. The van der Waals surface area contributed by atoms with Gasteiger partial charge in [0.15, 0.2) is 0 Å². The van der Waals surface area contributed by atoms with Gasteiger partial charge in [0, 0.05) is 17.2 Å². The van der Waals surface area contributed by atoms with E-state index in [1.54, 1.807) is 0 Å². The van der Waals surface area contributed by atoms with Gasteiger partial charge in [0.05, 0.1) is 6.61 Å². The van der Waals surface area contributed by atoms with Crippen molar-refractivity contribution >= 4 is 31.6 Å². The van der Waals surface area contributed by atoms with Crippen molar-refractivity contribution < 1.29 is 17.5 Å². The highest BCUT2D eigenvalue weighted by Gasteiger charge is 2.21. The second-order valence-electron chi connectivity index (χ2n) is 5.55. The van der Waals surface area contributed by atoms with Crippen molar-refractivity contribution in [3.8, 4) is 5.88 Å². The largest absolute Gasteiger partial charge is 0.476 e. The van der Waals surface area contributed by atoms with E-state index >= 15 is 0 Å². The van der Waals surface area contributed by atoms with Gasteiger partial charge in [0.1, 0.15) is 16.4 Å². The summed E-state index contributed by atoms with van der Waals surface area (Å²) in [4.78, 5) is 5.67. The number of nitrogens with zero attached hydrogens (tertiary/aromatic N) is 2. The number of halogens is 2. The molecule has 0 aliphatic carbocycles. The normalized spacial score (nSPS) is 11.6. The zero-order chi connectivity index (χ0) is 18.4. The highest BCUT2D eigenvalue weighted by Crippen LogP contribution is 2.28. The molecule has 2 rings (SSSR count). The van der Waals surface area contributed by atoms with Crippen LogP contribution in [0.2, 0.25) is 0 Å². The summed E-state index contributed by atoms with van der Waals surface area (Å²) in [7, 11) is -0.201. The van der Waals surface area contributed by atoms with E-state index in [4.69, 9.17) is 4.74 Å². The Morgan fingerprint density at radius 1 is 1.32 bits per heavy atom. The van der Waals surface area contributed by atoms with Gasteiger partial charge in [-0.2, -0.15) is 0 Å². The minimum Gasteiger partial charge on any atom is -0.476 e. The lowest BCUT2D eigenvalue weighted by Crippen LogP contribution is -2.17. The van der Waals surface area contributed by atoms with E-state index < -0.39 is 20.7 Å². The summed E-state index contributed by atoms with van der Waals surface area (Å²) in [5.41, 5.74) is 0.141. The van der Waals surface area contributed by atoms with Crippen LogP contribution >= 0.6 is 15.9 Å². The Bertz CT molecular complexity index is 831. The van der Waals surface area contributed by atoms with Crippen molar-refractivity contribution in [3.63, 3.8) is 0 Å². The minimum absolute atomic E-state index is 0.141. The van der Waals surface area contributed by atoms with Crippen molar-refractivity contribution in [2.45, 2.75) is 11.3 Å². The zero-order valence-electron chi connectivity index (χ0n) is 13.9. The Labute approximate surface area is 155 Å². The lowest BCUT2D eigenvalue weighted by molar-refractivity contribution is 0.274. The number of nitrogens with one attached hydrogen (secondary N) is 1. The van der Waals surface area contributed by atoms with Crippen LogP contribution in [-0.2, 0) is 10.0 Å². The van der Waals surface area contributed by atoms with Crippen LogP contribution < -0.4 is 9.46 Å². The van der Waals surface area contributed by atoms with Gasteiger partial charge in [0.2, 0.25) is 5.88 Å². The average molecular weight is 432 g/mol. The molecule has 136 valence electrons. The second kappa shape index (κ2) is 8.59. The van der Waals surface area contributed by atoms with E-state index in [1.807, 2.05) is 19.0 Å². The number of sulfonamides is 1. The molecule has 0 spiro atoms. The van der Waals surface area contributed by atoms with Gasteiger partial charge in [-0.3, -0.25) is 4.72 Å². The van der Waals surface area contributed by atoms with Crippen LogP contribution in [0.1, 0.15) is 6.42 Å². The third-order valence-corrected chi connectivity index (χ3v) is 5.01. The van der Waals surface area contributed by atoms with Crippen LogP contribution in [0, 0.1) is 5.82 Å². The summed E-state index contributed by atoms with van der Waals surface area (Å²) >= 11 is 3.24. The third-order valence-electron chi connectivity index (χ3n) is 3.18. The van der Waals surface area contributed by atoms with Gasteiger partial charge < -0.3 is 9.64 Å². The Balaban J connectivity index is 2.20. The van der Waals surface area contributed by atoms with Gasteiger partial charge >= 0.3 is 0 Å². The number of hydrogen-bond acceptors (Lipinski definition) is 5. The molecule has 9 heteroatoms. The molecule has 2 aromatic rings. The number of anilines is 1. The summed E-state index contributed by atoms with van der Waals surface area (Å²) in [5.74, 6) is -0.687. The number of benzene rings is 1. The molecule has 0 saturated carbocycles. The Morgan fingerprint density at radius 3 is 2.72 bits per heavy atom. The van der Waals surface area contributed by atoms with Crippen molar-refractivity contribution in [1.82, 2.24) is 9.88 Å². The molecule has 25 heavy (non-hydrogen) atoms. The fraction of sp³-hybridized carbons (Fsp3) is 0.312. The standard InChI is InChI=1S/C16H19BrFN3O3S/c1-21(2)8-5-9-24-16-14(10-12(17)11-19-16)20-25(22,23)15-7-4-3-6-13(15)18/h3-4,6-7,10-11,20H,5,8-9H2,1-2H3. The maximum atomic E-state index is 13.8. The minimum atomic E-state index is -4.10. The number of aromatic nitrogens is 1. The highest BCUT2D eigenvalue weighted by atomic mass is 79.9. The Kier molecular flexibility index (Phi) is 6.74. The van der Waals surface area contributed by atoms with E-state index in [0.29, 0.717) is 11.1 Å². The molecule has 1 aromatic heterocycles. The molecule has 0 aliphatic heterocycles. The molecular formula is C16H19BrFN3O3S. The summed E-state index contributed by atoms with van der Waals surface area (Å²) < 4.78 is 47.2. The van der Waals surface area contributed by atoms with Gasteiger partial charge in [-0.25, -0.2) is 17.8 Å². The molecule has 1 heterocycles. The predicted octanol–water partition coefficient (Wildman–Crippen LogP) is 3.11. The number of pyridine rings is 1. The molecule has 6 nitrogen and oxygen atoms in total. The number of rotatable bonds is 8. The smallest absolute Gasteiger partial charge is 0.264 e. The van der Waals surface area contributed by atoms with Crippen LogP contribution in [0.3, 0.4) is 0 Å². The van der Waals surface area contributed by atoms with Crippen molar-refractivity contribution in [2.75, 3.05) is 32.0 Å². The molecule has 1 N–H and O–H groups in total. The number of ether oxygens (including phenoxy) is 1.